The van der Waals surface area contributed by atoms with Crippen LogP contribution in [0.4, 0.5) is 23.4 Å². The molecule has 0 aliphatic rings. The first-order valence-corrected chi connectivity index (χ1v) is 9.80. The zero-order chi connectivity index (χ0) is 24.4. The summed E-state index contributed by atoms with van der Waals surface area (Å²) in [6.45, 7) is 4.78. The molecule has 33 heavy (non-hydrogen) atoms. The van der Waals surface area contributed by atoms with E-state index >= 15 is 0 Å². The second kappa shape index (κ2) is 9.08. The van der Waals surface area contributed by atoms with E-state index in [0.29, 0.717) is 11.2 Å². The van der Waals surface area contributed by atoms with Crippen molar-refractivity contribution < 1.29 is 36.6 Å². The number of hydrogen-bond acceptors (Lipinski definition) is 5. The highest BCUT2D eigenvalue weighted by Gasteiger charge is 2.31. The fourth-order valence-corrected chi connectivity index (χ4v) is 3.16. The molecule has 176 valence electrons. The van der Waals surface area contributed by atoms with Crippen LogP contribution in [0.15, 0.2) is 42.6 Å². The molecular formula is C22H21F4N3O4. The number of nitrogens with one attached hydrogen (secondary N) is 1. The Morgan fingerprint density at radius 1 is 1.09 bits per heavy atom. The number of anilines is 1. The zero-order valence-corrected chi connectivity index (χ0v) is 18.0. The highest BCUT2D eigenvalue weighted by Crippen LogP contribution is 2.32. The first-order valence-electron chi connectivity index (χ1n) is 9.80. The van der Waals surface area contributed by atoms with Gasteiger partial charge in [-0.2, -0.15) is 0 Å². The van der Waals surface area contributed by atoms with Crippen LogP contribution in [0.5, 0.6) is 5.75 Å². The molecular weight excluding hydrogens is 446 g/mol. The summed E-state index contributed by atoms with van der Waals surface area (Å²) in [5.74, 6) is -1.80. The Kier molecular flexibility index (Phi) is 6.61. The van der Waals surface area contributed by atoms with Crippen LogP contribution in [-0.4, -0.2) is 34.2 Å². The smallest absolute Gasteiger partial charge is 0.465 e. The maximum Gasteiger partial charge on any atom is 0.573 e. The molecule has 1 N–H and O–H groups in total. The van der Waals surface area contributed by atoms with E-state index in [1.807, 2.05) is 0 Å². The van der Waals surface area contributed by atoms with Gasteiger partial charge in [0.2, 0.25) is 5.91 Å². The molecule has 0 aliphatic heterocycles. The van der Waals surface area contributed by atoms with Crippen molar-refractivity contribution in [3.8, 4) is 17.0 Å². The summed E-state index contributed by atoms with van der Waals surface area (Å²) in [6.07, 6.45) is -3.70. The van der Waals surface area contributed by atoms with Gasteiger partial charge in [-0.1, -0.05) is 13.8 Å². The zero-order valence-electron chi connectivity index (χ0n) is 18.0. The van der Waals surface area contributed by atoms with Crippen molar-refractivity contribution in [1.82, 2.24) is 9.38 Å². The van der Waals surface area contributed by atoms with E-state index in [4.69, 9.17) is 4.74 Å². The quantitative estimate of drug-likeness (QED) is 0.393. The molecule has 1 aromatic carbocycles. The Morgan fingerprint density at radius 2 is 1.76 bits per heavy atom. The second-order valence-corrected chi connectivity index (χ2v) is 8.13. The molecule has 0 atom stereocenters. The van der Waals surface area contributed by atoms with Crippen LogP contribution in [0.1, 0.15) is 27.2 Å². The van der Waals surface area contributed by atoms with Gasteiger partial charge in [0.05, 0.1) is 12.3 Å². The van der Waals surface area contributed by atoms with Crippen LogP contribution in [0.2, 0.25) is 0 Å². The van der Waals surface area contributed by atoms with Gasteiger partial charge in [-0.15, -0.1) is 13.2 Å². The molecule has 11 heteroatoms. The molecule has 0 spiro atoms. The third kappa shape index (κ3) is 6.43. The first kappa shape index (κ1) is 24.0. The van der Waals surface area contributed by atoms with Gasteiger partial charge in [0, 0.05) is 30.5 Å². The summed E-state index contributed by atoms with van der Waals surface area (Å²) in [7, 11) is 0. The lowest BCUT2D eigenvalue weighted by atomic mass is 9.90. The van der Waals surface area contributed by atoms with E-state index in [9.17, 15) is 27.2 Å². The van der Waals surface area contributed by atoms with Crippen molar-refractivity contribution in [1.29, 1.82) is 0 Å². The third-order valence-electron chi connectivity index (χ3n) is 4.51. The number of hydrogen-bond donors (Lipinski definition) is 1. The van der Waals surface area contributed by atoms with E-state index in [0.717, 1.165) is 18.3 Å². The van der Waals surface area contributed by atoms with Gasteiger partial charge in [0.1, 0.15) is 17.2 Å². The summed E-state index contributed by atoms with van der Waals surface area (Å²) in [4.78, 5) is 28.1. The number of fused-ring (bicyclic) bond motifs is 1. The lowest BCUT2D eigenvalue weighted by molar-refractivity contribution is -0.274. The molecule has 0 radical (unpaired) electrons. The number of amides is 1. The van der Waals surface area contributed by atoms with Gasteiger partial charge in [-0.05, 0) is 36.4 Å². The van der Waals surface area contributed by atoms with Gasteiger partial charge < -0.3 is 14.8 Å². The highest BCUT2D eigenvalue weighted by molar-refractivity contribution is 5.94. The number of imidazole rings is 1. The third-order valence-corrected chi connectivity index (χ3v) is 4.51. The van der Waals surface area contributed by atoms with Crippen LogP contribution >= 0.6 is 0 Å². The molecule has 0 saturated carbocycles. The Morgan fingerprint density at radius 3 is 2.36 bits per heavy atom. The van der Waals surface area contributed by atoms with Gasteiger partial charge in [-0.25, -0.2) is 9.37 Å². The van der Waals surface area contributed by atoms with Crippen LogP contribution in [0.25, 0.3) is 16.9 Å². The molecule has 3 rings (SSSR count). The Balaban J connectivity index is 1.92. The number of rotatable bonds is 7. The van der Waals surface area contributed by atoms with Crippen LogP contribution in [0.3, 0.4) is 0 Å². The maximum atomic E-state index is 13.9. The summed E-state index contributed by atoms with van der Waals surface area (Å²) in [5.41, 5.74) is 0.292. The minimum atomic E-state index is -4.84. The maximum absolute atomic E-state index is 13.9. The number of ether oxygens (including phenoxy) is 2. The molecule has 0 bridgehead atoms. The topological polar surface area (TPSA) is 81.9 Å². The monoisotopic (exact) mass is 467 g/mol. The molecule has 1 amide bonds. The SMILES string of the molecule is CC(=O)OCC(C)(C)CC(=O)Nc1nc2ccc(F)cn2c1-c1ccc(OC(F)(F)F)cc1. The normalized spacial score (nSPS) is 12.0. The standard InChI is InChI=1S/C22H21F4N3O4/c1-13(30)32-12-21(2,3)10-18(31)28-20-19(29-11-15(23)6-9-17(29)27-20)14-4-7-16(8-5-14)33-22(24,25)26/h4-9,11H,10,12H2,1-3H3,(H,28,31). The van der Waals surface area contributed by atoms with Crippen LogP contribution in [-0.2, 0) is 14.3 Å². The molecule has 7 nitrogen and oxygen atoms in total. The van der Waals surface area contributed by atoms with Crippen molar-refractivity contribution in [2.24, 2.45) is 5.41 Å². The second-order valence-electron chi connectivity index (χ2n) is 8.13. The molecule has 0 fully saturated rings. The number of carbonyl (C=O) groups is 2. The summed E-state index contributed by atoms with van der Waals surface area (Å²) in [5, 5.41) is 2.67. The Hall–Kier alpha value is -3.63. The van der Waals surface area contributed by atoms with Crippen LogP contribution in [0, 0.1) is 11.2 Å². The van der Waals surface area contributed by atoms with E-state index < -0.39 is 35.2 Å². The van der Waals surface area contributed by atoms with Gasteiger partial charge in [0.25, 0.3) is 0 Å². The Bertz CT molecular complexity index is 1170. The van der Waals surface area contributed by atoms with Gasteiger partial charge >= 0.3 is 12.3 Å². The van der Waals surface area contributed by atoms with Crippen molar-refractivity contribution in [2.75, 3.05) is 11.9 Å². The van der Waals surface area contributed by atoms with Crippen molar-refractivity contribution in [3.63, 3.8) is 0 Å². The number of aromatic nitrogens is 2. The number of benzene rings is 1. The number of halogens is 4. The fraction of sp³-hybridized carbons (Fsp3) is 0.318. The summed E-state index contributed by atoms with van der Waals surface area (Å²) >= 11 is 0. The average molecular weight is 467 g/mol. The number of nitrogens with zero attached hydrogens (tertiary/aromatic N) is 2. The molecule has 2 heterocycles. The number of alkyl halides is 3. The molecule has 0 aliphatic carbocycles. The molecule has 0 unspecified atom stereocenters. The van der Waals surface area contributed by atoms with E-state index in [2.05, 4.69) is 15.0 Å². The summed E-state index contributed by atoms with van der Waals surface area (Å²) < 4.78 is 61.5. The fourth-order valence-electron chi connectivity index (χ4n) is 3.16. The van der Waals surface area contributed by atoms with E-state index in [1.54, 1.807) is 13.8 Å². The molecule has 0 saturated heterocycles. The van der Waals surface area contributed by atoms with E-state index in [1.165, 1.54) is 35.6 Å². The van der Waals surface area contributed by atoms with Crippen molar-refractivity contribution in [3.05, 3.63) is 48.4 Å². The average Bonchev–Trinajstić information content (AvgIpc) is 3.02. The van der Waals surface area contributed by atoms with Gasteiger partial charge in [-0.3, -0.25) is 14.0 Å². The molecule has 3 aromatic rings. The minimum Gasteiger partial charge on any atom is -0.465 e. The number of carbonyl (C=O) groups excluding carboxylic acids is 2. The van der Waals surface area contributed by atoms with E-state index in [-0.39, 0.29) is 24.5 Å². The highest BCUT2D eigenvalue weighted by atomic mass is 19.4. The summed E-state index contributed by atoms with van der Waals surface area (Å²) in [6, 6.07) is 7.50. The van der Waals surface area contributed by atoms with Crippen molar-refractivity contribution in [2.45, 2.75) is 33.6 Å². The first-order chi connectivity index (χ1) is 15.3. The predicted octanol–water partition coefficient (Wildman–Crippen LogP) is 4.96. The largest absolute Gasteiger partial charge is 0.573 e. The molecule has 2 aromatic heterocycles. The van der Waals surface area contributed by atoms with Crippen molar-refractivity contribution >= 4 is 23.3 Å². The lowest BCUT2D eigenvalue weighted by Crippen LogP contribution is -2.27. The van der Waals surface area contributed by atoms with Gasteiger partial charge in [0.15, 0.2) is 5.82 Å². The number of pyridine rings is 1. The number of esters is 1. The lowest BCUT2D eigenvalue weighted by Gasteiger charge is -2.23. The minimum absolute atomic E-state index is 0.0136. The van der Waals surface area contributed by atoms with Crippen LogP contribution < -0.4 is 10.1 Å². The predicted molar refractivity (Wildman–Crippen MR) is 111 cm³/mol. The Labute approximate surface area is 186 Å².